The molecular weight excluding hydrogens is 194 g/mol. The van der Waals surface area contributed by atoms with Gasteiger partial charge in [-0.3, -0.25) is 4.79 Å². The molecule has 1 aromatic heterocycles. The lowest BCUT2D eigenvalue weighted by molar-refractivity contribution is 0.516. The van der Waals surface area contributed by atoms with Crippen molar-refractivity contribution in [3.8, 4) is 0 Å². The third kappa shape index (κ3) is 1.44. The smallest absolute Gasteiger partial charge is 0.211 e. The van der Waals surface area contributed by atoms with Crippen molar-refractivity contribution < 1.29 is 4.79 Å². The van der Waals surface area contributed by atoms with Gasteiger partial charge in [0.15, 0.2) is 0 Å². The van der Waals surface area contributed by atoms with Crippen LogP contribution in [0.1, 0.15) is 18.9 Å². The zero-order chi connectivity index (χ0) is 10.2. The van der Waals surface area contributed by atoms with Crippen LogP contribution in [-0.4, -0.2) is 11.3 Å². The van der Waals surface area contributed by atoms with E-state index in [1.165, 1.54) is 0 Å². The summed E-state index contributed by atoms with van der Waals surface area (Å²) >= 11 is 1.56. The zero-order valence-corrected chi connectivity index (χ0v) is 8.89. The average Bonchev–Trinajstić information content (AvgIpc) is 2.61. The second-order valence-corrected chi connectivity index (χ2v) is 4.74. The van der Waals surface area contributed by atoms with Crippen molar-refractivity contribution in [2.24, 2.45) is 0 Å². The van der Waals surface area contributed by atoms with E-state index in [0.29, 0.717) is 0 Å². The van der Waals surface area contributed by atoms with E-state index in [4.69, 9.17) is 0 Å². The van der Waals surface area contributed by atoms with E-state index in [9.17, 15) is 4.79 Å². The molecule has 0 aliphatic carbocycles. The monoisotopic (exact) mass is 204 g/mol. The predicted octanol–water partition coefficient (Wildman–Crippen LogP) is 2.68. The van der Waals surface area contributed by atoms with Crippen molar-refractivity contribution in [2.45, 2.75) is 19.3 Å². The molecule has 0 fully saturated rings. The lowest BCUT2D eigenvalue weighted by atomic mass is 9.97. The first-order valence-electron chi connectivity index (χ1n) is 4.39. The summed E-state index contributed by atoms with van der Waals surface area (Å²) < 4.78 is 1.12. The first-order chi connectivity index (χ1) is 6.63. The highest BCUT2D eigenvalue weighted by Crippen LogP contribution is 2.29. The summed E-state index contributed by atoms with van der Waals surface area (Å²) in [6.45, 7) is 3.66. The van der Waals surface area contributed by atoms with Crippen molar-refractivity contribution in [1.82, 2.24) is 4.98 Å². The maximum Gasteiger partial charge on any atom is 0.211 e. The summed E-state index contributed by atoms with van der Waals surface area (Å²) in [5, 5.41) is 0.828. The van der Waals surface area contributed by atoms with Crippen molar-refractivity contribution >= 4 is 27.8 Å². The molecule has 0 atom stereocenters. The molecule has 2 nitrogen and oxygen atoms in total. The molecule has 0 aliphatic rings. The van der Waals surface area contributed by atoms with Gasteiger partial charge in [-0.2, -0.15) is 0 Å². The highest BCUT2D eigenvalue weighted by Gasteiger charge is 2.24. The van der Waals surface area contributed by atoms with Crippen LogP contribution >= 0.6 is 11.3 Å². The molecule has 71 valence electrons. The number of fused-ring (bicyclic) bond motifs is 1. The minimum atomic E-state index is -0.594. The van der Waals surface area contributed by atoms with Crippen molar-refractivity contribution in [3.63, 3.8) is 0 Å². The molecule has 14 heavy (non-hydrogen) atoms. The number of benzene rings is 1. The standard InChI is InChI=1S/C11H10NOS/c1-11(2,7-13)10-12-8-5-3-4-6-9(8)14-10/h3-6H,1-2H3. The number of para-hydroxylation sites is 1. The van der Waals surface area contributed by atoms with Crippen molar-refractivity contribution in [1.29, 1.82) is 0 Å². The Hall–Kier alpha value is -1.22. The van der Waals surface area contributed by atoms with E-state index in [0.717, 1.165) is 15.2 Å². The lowest BCUT2D eigenvalue weighted by Crippen LogP contribution is -2.17. The van der Waals surface area contributed by atoms with Crippen LogP contribution in [0.25, 0.3) is 10.2 Å². The number of aromatic nitrogens is 1. The molecule has 1 radical (unpaired) electrons. The van der Waals surface area contributed by atoms with E-state index in [-0.39, 0.29) is 0 Å². The van der Waals surface area contributed by atoms with Gasteiger partial charge in [-0.1, -0.05) is 12.1 Å². The largest absolute Gasteiger partial charge is 0.290 e. The molecule has 2 aromatic rings. The van der Waals surface area contributed by atoms with Gasteiger partial charge in [-0.25, -0.2) is 4.98 Å². The maximum absolute atomic E-state index is 10.7. The molecule has 0 aliphatic heterocycles. The fourth-order valence-electron chi connectivity index (χ4n) is 1.18. The highest BCUT2D eigenvalue weighted by molar-refractivity contribution is 7.18. The van der Waals surface area contributed by atoms with Gasteiger partial charge in [0.2, 0.25) is 6.29 Å². The number of nitrogens with zero attached hydrogens (tertiary/aromatic N) is 1. The Morgan fingerprint density at radius 2 is 2.07 bits per heavy atom. The van der Waals surface area contributed by atoms with Crippen molar-refractivity contribution in [3.05, 3.63) is 29.3 Å². The third-order valence-electron chi connectivity index (χ3n) is 2.08. The molecule has 1 aromatic carbocycles. The normalized spacial score (nSPS) is 11.9. The zero-order valence-electron chi connectivity index (χ0n) is 8.07. The topological polar surface area (TPSA) is 30.0 Å². The SMILES string of the molecule is CC(C)([C]=O)c1nc2ccccc2s1. The number of carbonyl (C=O) groups excluding carboxylic acids is 1. The average molecular weight is 204 g/mol. The van der Waals surface area contributed by atoms with Crippen LogP contribution in [0.3, 0.4) is 0 Å². The van der Waals surface area contributed by atoms with E-state index < -0.39 is 5.41 Å². The van der Waals surface area contributed by atoms with Crippen LogP contribution < -0.4 is 0 Å². The van der Waals surface area contributed by atoms with Crippen LogP contribution in [0.4, 0.5) is 0 Å². The predicted molar refractivity (Wildman–Crippen MR) is 58.3 cm³/mol. The van der Waals surface area contributed by atoms with Gasteiger partial charge in [0.25, 0.3) is 0 Å². The third-order valence-corrected chi connectivity index (χ3v) is 3.44. The van der Waals surface area contributed by atoms with Crippen LogP contribution in [0.5, 0.6) is 0 Å². The fraction of sp³-hybridized carbons (Fsp3) is 0.273. The quantitative estimate of drug-likeness (QED) is 0.752. The maximum atomic E-state index is 10.7. The van der Waals surface area contributed by atoms with Crippen LogP contribution in [-0.2, 0) is 10.2 Å². The molecule has 3 heteroatoms. The molecule has 0 N–H and O–H groups in total. The molecule has 2 rings (SSSR count). The van der Waals surface area contributed by atoms with Gasteiger partial charge >= 0.3 is 0 Å². The van der Waals surface area contributed by atoms with Crippen molar-refractivity contribution in [2.75, 3.05) is 0 Å². The second kappa shape index (κ2) is 3.17. The van der Waals surface area contributed by atoms with Gasteiger partial charge in [0, 0.05) is 0 Å². The molecule has 0 unspecified atom stereocenters. The van der Waals surface area contributed by atoms with E-state index in [1.54, 1.807) is 11.3 Å². The van der Waals surface area contributed by atoms with Gasteiger partial charge in [-0.15, -0.1) is 11.3 Å². The molecule has 0 bridgehead atoms. The Morgan fingerprint density at radius 1 is 1.36 bits per heavy atom. The van der Waals surface area contributed by atoms with E-state index in [2.05, 4.69) is 4.98 Å². The van der Waals surface area contributed by atoms with Gasteiger partial charge in [-0.05, 0) is 26.0 Å². The Morgan fingerprint density at radius 3 is 2.71 bits per heavy atom. The van der Waals surface area contributed by atoms with E-state index in [1.807, 2.05) is 44.4 Å². The van der Waals surface area contributed by atoms with Gasteiger partial charge in [0.05, 0.1) is 15.6 Å². The summed E-state index contributed by atoms with van der Waals surface area (Å²) in [6.07, 6.45) is 2.02. The fourth-order valence-corrected chi connectivity index (χ4v) is 2.20. The summed E-state index contributed by atoms with van der Waals surface area (Å²) in [6, 6.07) is 7.89. The minimum Gasteiger partial charge on any atom is -0.290 e. The number of hydrogen-bond acceptors (Lipinski definition) is 3. The van der Waals surface area contributed by atoms with Gasteiger partial charge in [0.1, 0.15) is 5.01 Å². The molecular formula is C11H10NOS. The lowest BCUT2D eigenvalue weighted by Gasteiger charge is -2.10. The summed E-state index contributed by atoms with van der Waals surface area (Å²) in [5.74, 6) is 0. The summed E-state index contributed by atoms with van der Waals surface area (Å²) in [7, 11) is 0. The first kappa shape index (κ1) is 9.34. The molecule has 0 spiro atoms. The van der Waals surface area contributed by atoms with Crippen LogP contribution in [0, 0.1) is 0 Å². The molecule has 0 saturated heterocycles. The minimum absolute atomic E-state index is 0.594. The number of hydrogen-bond donors (Lipinski definition) is 0. The van der Waals surface area contributed by atoms with Gasteiger partial charge < -0.3 is 0 Å². The number of thiazole rings is 1. The summed E-state index contributed by atoms with van der Waals surface area (Å²) in [4.78, 5) is 15.2. The first-order valence-corrected chi connectivity index (χ1v) is 5.20. The Labute approximate surface area is 86.6 Å². The van der Waals surface area contributed by atoms with Crippen LogP contribution in [0.2, 0.25) is 0 Å². The Bertz CT molecular complexity index is 440. The Balaban J connectivity index is 2.60. The highest BCUT2D eigenvalue weighted by atomic mass is 32.1. The molecule has 0 saturated carbocycles. The summed E-state index contributed by atoms with van der Waals surface area (Å²) in [5.41, 5.74) is 0.361. The van der Waals surface area contributed by atoms with Crippen LogP contribution in [0.15, 0.2) is 24.3 Å². The molecule has 0 amide bonds. The number of rotatable bonds is 2. The molecule has 1 heterocycles. The van der Waals surface area contributed by atoms with E-state index >= 15 is 0 Å². The Kier molecular flexibility index (Phi) is 2.11. The second-order valence-electron chi connectivity index (χ2n) is 3.71.